The summed E-state index contributed by atoms with van der Waals surface area (Å²) >= 11 is 0. The molecule has 10 heteroatoms. The van der Waals surface area contributed by atoms with E-state index >= 15 is 0 Å². The molecule has 2 aliphatic heterocycles. The topological polar surface area (TPSA) is 98.5 Å². The molecular formula is C32H36FN7O2. The van der Waals surface area contributed by atoms with Gasteiger partial charge in [0, 0.05) is 55.6 Å². The van der Waals surface area contributed by atoms with Gasteiger partial charge in [0.2, 0.25) is 5.91 Å². The number of likely N-dealkylation sites (tertiary alicyclic amines) is 1. The van der Waals surface area contributed by atoms with Gasteiger partial charge >= 0.3 is 6.01 Å². The number of rotatable bonds is 7. The molecule has 0 saturated carbocycles. The van der Waals surface area contributed by atoms with Crippen LogP contribution in [0.1, 0.15) is 36.8 Å². The lowest BCUT2D eigenvalue weighted by Crippen LogP contribution is -2.55. The zero-order chi connectivity index (χ0) is 29.2. The molecule has 2 fully saturated rings. The molecule has 0 bridgehead atoms. The third-order valence-electron chi connectivity index (χ3n) is 8.85. The Kier molecular flexibility index (Phi) is 8.02. The van der Waals surface area contributed by atoms with Gasteiger partial charge in [0.25, 0.3) is 0 Å². The van der Waals surface area contributed by atoms with Gasteiger partial charge in [-0.05, 0) is 74.1 Å². The Bertz CT molecular complexity index is 1540. The van der Waals surface area contributed by atoms with E-state index in [0.29, 0.717) is 38.4 Å². The van der Waals surface area contributed by atoms with Gasteiger partial charge in [-0.2, -0.15) is 15.2 Å². The highest BCUT2D eigenvalue weighted by Crippen LogP contribution is 2.35. The Balaban J connectivity index is 1.38. The second kappa shape index (κ2) is 12.0. The molecule has 1 amide bonds. The number of aromatic nitrogens is 3. The standard InChI is InChI=1S/C32H36FN7O2/c1-3-30(41)40-13-12-39(19-24(40)10-11-34)31-27-9-8-21(28-17-35-16-22-6-4-5-7-26(22)28)14-29(27)36-32(37-31)42-20-25-15-23(33)18-38(25)2/h3,8-9,14,16-17,23-25H,1,4-7,10,12-13,15,18-20H2,2H3/t23-,24+,25+/m1/s1. The molecule has 3 atom stereocenters. The van der Waals surface area contributed by atoms with Gasteiger partial charge < -0.3 is 14.5 Å². The molecule has 0 N–H and O–H groups in total. The number of nitrogens with zero attached hydrogens (tertiary/aromatic N) is 7. The highest BCUT2D eigenvalue weighted by atomic mass is 19.1. The maximum atomic E-state index is 14.0. The fourth-order valence-electron chi connectivity index (χ4n) is 6.58. The number of likely N-dealkylation sites (N-methyl/N-ethyl adjacent to an activating group) is 1. The van der Waals surface area contributed by atoms with Gasteiger partial charge in [0.1, 0.15) is 18.6 Å². The third-order valence-corrected chi connectivity index (χ3v) is 8.85. The van der Waals surface area contributed by atoms with Crippen molar-refractivity contribution >= 4 is 22.6 Å². The largest absolute Gasteiger partial charge is 0.462 e. The highest BCUT2D eigenvalue weighted by Gasteiger charge is 2.32. The van der Waals surface area contributed by atoms with E-state index in [-0.39, 0.29) is 37.0 Å². The first-order valence-corrected chi connectivity index (χ1v) is 14.7. The number of halogens is 1. The minimum atomic E-state index is -0.865. The molecule has 42 heavy (non-hydrogen) atoms. The number of pyridine rings is 1. The monoisotopic (exact) mass is 569 g/mol. The van der Waals surface area contributed by atoms with Crippen LogP contribution >= 0.6 is 0 Å². The van der Waals surface area contributed by atoms with E-state index in [1.54, 1.807) is 4.90 Å². The van der Waals surface area contributed by atoms with Gasteiger partial charge in [-0.3, -0.25) is 14.7 Å². The summed E-state index contributed by atoms with van der Waals surface area (Å²) in [5.41, 5.74) is 5.58. The molecule has 0 spiro atoms. The fourth-order valence-corrected chi connectivity index (χ4v) is 6.58. The molecule has 0 radical (unpaired) electrons. The zero-order valence-electron chi connectivity index (χ0n) is 24.0. The number of amides is 1. The van der Waals surface area contributed by atoms with Crippen LogP contribution in [0.25, 0.3) is 22.0 Å². The lowest BCUT2D eigenvalue weighted by molar-refractivity contribution is -0.128. The smallest absolute Gasteiger partial charge is 0.319 e. The number of ether oxygens (including phenoxy) is 1. The Hall–Kier alpha value is -4.10. The molecule has 218 valence electrons. The van der Waals surface area contributed by atoms with Gasteiger partial charge in [0.05, 0.1) is 24.0 Å². The number of hydrogen-bond acceptors (Lipinski definition) is 8. The van der Waals surface area contributed by atoms with Crippen molar-refractivity contribution in [1.82, 2.24) is 24.8 Å². The summed E-state index contributed by atoms with van der Waals surface area (Å²) < 4.78 is 20.1. The molecular weight excluding hydrogens is 533 g/mol. The SMILES string of the molecule is C=CC(=O)N1CCN(c2nc(OC[C@@H]3C[C@@H](F)CN3C)nc3cc(-c4cncc5c4CCCC5)ccc23)C[C@@H]1CC#N. The summed E-state index contributed by atoms with van der Waals surface area (Å²) in [6.45, 7) is 5.75. The van der Waals surface area contributed by atoms with Crippen LogP contribution in [0.4, 0.5) is 10.2 Å². The van der Waals surface area contributed by atoms with Crippen LogP contribution in [0.3, 0.4) is 0 Å². The van der Waals surface area contributed by atoms with E-state index < -0.39 is 6.17 Å². The zero-order valence-corrected chi connectivity index (χ0v) is 24.0. The van der Waals surface area contributed by atoms with Gasteiger partial charge in [0.15, 0.2) is 0 Å². The fraction of sp³-hybridized carbons (Fsp3) is 0.469. The summed E-state index contributed by atoms with van der Waals surface area (Å²) in [6, 6.07) is 8.33. The van der Waals surface area contributed by atoms with E-state index in [4.69, 9.17) is 14.7 Å². The second-order valence-electron chi connectivity index (χ2n) is 11.5. The van der Waals surface area contributed by atoms with Crippen molar-refractivity contribution < 1.29 is 13.9 Å². The molecule has 3 aliphatic rings. The Labute approximate surface area is 245 Å². The first kappa shape index (κ1) is 28.0. The van der Waals surface area contributed by atoms with E-state index in [1.807, 2.05) is 30.4 Å². The van der Waals surface area contributed by atoms with Crippen LogP contribution in [0, 0.1) is 11.3 Å². The summed E-state index contributed by atoms with van der Waals surface area (Å²) in [7, 11) is 1.90. The average Bonchev–Trinajstić information content (AvgIpc) is 3.34. The van der Waals surface area contributed by atoms with E-state index in [1.165, 1.54) is 30.0 Å². The highest BCUT2D eigenvalue weighted by molar-refractivity contribution is 5.93. The van der Waals surface area contributed by atoms with E-state index in [9.17, 15) is 14.4 Å². The normalized spacial score (nSPS) is 22.5. The Morgan fingerprint density at radius 3 is 2.83 bits per heavy atom. The van der Waals surface area contributed by atoms with Crippen molar-refractivity contribution in [2.75, 3.05) is 44.7 Å². The Morgan fingerprint density at radius 1 is 1.19 bits per heavy atom. The van der Waals surface area contributed by atoms with Crippen LogP contribution in [-0.2, 0) is 17.6 Å². The first-order chi connectivity index (χ1) is 20.4. The molecule has 1 aromatic carbocycles. The number of hydrogen-bond donors (Lipinski definition) is 0. The van der Waals surface area contributed by atoms with Crippen molar-refractivity contribution in [2.24, 2.45) is 0 Å². The number of benzene rings is 1. The minimum Gasteiger partial charge on any atom is -0.462 e. The van der Waals surface area contributed by atoms with Crippen molar-refractivity contribution in [3.05, 3.63) is 54.4 Å². The number of anilines is 1. The van der Waals surface area contributed by atoms with Crippen LogP contribution in [-0.4, -0.2) is 88.7 Å². The van der Waals surface area contributed by atoms with Crippen LogP contribution < -0.4 is 9.64 Å². The van der Waals surface area contributed by atoms with E-state index in [2.05, 4.69) is 34.7 Å². The van der Waals surface area contributed by atoms with Crippen LogP contribution in [0.15, 0.2) is 43.2 Å². The predicted octanol–water partition coefficient (Wildman–Crippen LogP) is 4.11. The second-order valence-corrected chi connectivity index (χ2v) is 11.5. The molecule has 6 rings (SSSR count). The summed E-state index contributed by atoms with van der Waals surface area (Å²) in [5, 5.41) is 10.4. The molecule has 0 unspecified atom stereocenters. The van der Waals surface area contributed by atoms with Gasteiger partial charge in [-0.25, -0.2) is 4.39 Å². The summed E-state index contributed by atoms with van der Waals surface area (Å²) in [4.78, 5) is 32.5. The molecule has 2 aromatic heterocycles. The van der Waals surface area contributed by atoms with E-state index in [0.717, 1.165) is 34.9 Å². The number of alkyl halides is 1. The number of piperazine rings is 1. The number of nitriles is 1. The Morgan fingerprint density at radius 2 is 2.05 bits per heavy atom. The minimum absolute atomic E-state index is 0.0514. The lowest BCUT2D eigenvalue weighted by Gasteiger charge is -2.41. The first-order valence-electron chi connectivity index (χ1n) is 14.7. The number of aryl methyl sites for hydroxylation is 1. The van der Waals surface area contributed by atoms with Gasteiger partial charge in [-0.15, -0.1) is 0 Å². The third kappa shape index (κ3) is 5.53. The lowest BCUT2D eigenvalue weighted by atomic mass is 9.87. The summed E-state index contributed by atoms with van der Waals surface area (Å²) in [5.74, 6) is 0.523. The van der Waals surface area contributed by atoms with Crippen molar-refractivity contribution in [2.45, 2.75) is 56.8 Å². The van der Waals surface area contributed by atoms with Crippen molar-refractivity contribution in [3.63, 3.8) is 0 Å². The molecule has 1 aliphatic carbocycles. The van der Waals surface area contributed by atoms with Gasteiger partial charge in [-0.1, -0.05) is 12.6 Å². The summed E-state index contributed by atoms with van der Waals surface area (Å²) in [6.07, 6.45) is 9.42. The molecule has 3 aromatic rings. The molecule has 4 heterocycles. The molecule has 9 nitrogen and oxygen atoms in total. The number of carbonyl (C=O) groups is 1. The average molecular weight is 570 g/mol. The quantitative estimate of drug-likeness (QED) is 0.392. The maximum Gasteiger partial charge on any atom is 0.319 e. The van der Waals surface area contributed by atoms with Crippen LogP contribution in [0.5, 0.6) is 6.01 Å². The van der Waals surface area contributed by atoms with Crippen LogP contribution in [0.2, 0.25) is 0 Å². The predicted molar refractivity (Wildman–Crippen MR) is 159 cm³/mol. The van der Waals surface area contributed by atoms with Crippen molar-refractivity contribution in [3.8, 4) is 23.2 Å². The number of carbonyl (C=O) groups excluding carboxylic acids is 1. The maximum absolute atomic E-state index is 14.0. The molecule has 2 saturated heterocycles. The van der Waals surface area contributed by atoms with Crippen molar-refractivity contribution in [1.29, 1.82) is 5.26 Å². The number of fused-ring (bicyclic) bond motifs is 2.